The molecule has 1 saturated heterocycles. The van der Waals surface area contributed by atoms with Crippen LogP contribution in [0.5, 0.6) is 0 Å². The first kappa shape index (κ1) is 17.6. The maximum Gasteiger partial charge on any atom is 0.238 e. The second-order valence-corrected chi connectivity index (χ2v) is 9.16. The number of hydrogen-bond donors (Lipinski definition) is 0. The molecule has 0 unspecified atom stereocenters. The number of carbonyl (C=O) groups is 2. The van der Waals surface area contributed by atoms with Crippen LogP contribution in [-0.2, 0) is 15.0 Å². The van der Waals surface area contributed by atoms with Crippen molar-refractivity contribution < 1.29 is 9.59 Å². The normalized spacial score (nSPS) is 28.4. The van der Waals surface area contributed by atoms with Crippen molar-refractivity contribution in [2.75, 3.05) is 4.90 Å². The predicted octanol–water partition coefficient (Wildman–Crippen LogP) is 4.87. The molecule has 2 amide bonds. The van der Waals surface area contributed by atoms with Gasteiger partial charge in [-0.1, -0.05) is 73.2 Å². The summed E-state index contributed by atoms with van der Waals surface area (Å²) in [6.45, 7) is 6.16. The highest BCUT2D eigenvalue weighted by atomic mass is 16.2. The Labute approximate surface area is 176 Å². The highest BCUT2D eigenvalue weighted by Gasteiger charge is 2.66. The van der Waals surface area contributed by atoms with E-state index < -0.39 is 5.41 Å². The molecule has 0 aromatic heterocycles. The smallest absolute Gasteiger partial charge is 0.238 e. The third kappa shape index (κ3) is 1.91. The number of aryl methyl sites for hydroxylation is 2. The van der Waals surface area contributed by atoms with Gasteiger partial charge in [-0.2, -0.15) is 0 Å². The minimum absolute atomic E-state index is 0.0582. The summed E-state index contributed by atoms with van der Waals surface area (Å²) in [4.78, 5) is 29.2. The summed E-state index contributed by atoms with van der Waals surface area (Å²) in [6.07, 6.45) is 0. The minimum atomic E-state index is -0.507. The van der Waals surface area contributed by atoms with E-state index in [1.807, 2.05) is 56.3 Å². The fraction of sp³-hybridized carbons (Fsp3) is 0.259. The van der Waals surface area contributed by atoms with E-state index in [-0.39, 0.29) is 29.6 Å². The number of nitrogens with zero attached hydrogens (tertiary/aromatic N) is 1. The number of carbonyl (C=O) groups excluding carboxylic acids is 2. The minimum Gasteiger partial charge on any atom is -0.274 e. The molecule has 0 spiro atoms. The van der Waals surface area contributed by atoms with Gasteiger partial charge in [0.1, 0.15) is 0 Å². The fourth-order valence-electron chi connectivity index (χ4n) is 6.44. The van der Waals surface area contributed by atoms with Crippen LogP contribution >= 0.6 is 0 Å². The molecule has 3 heteroatoms. The molecule has 30 heavy (non-hydrogen) atoms. The topological polar surface area (TPSA) is 37.4 Å². The number of anilines is 1. The van der Waals surface area contributed by atoms with Crippen LogP contribution in [-0.4, -0.2) is 11.8 Å². The molecule has 2 atom stereocenters. The number of rotatable bonds is 1. The van der Waals surface area contributed by atoms with Crippen molar-refractivity contribution in [1.82, 2.24) is 0 Å². The van der Waals surface area contributed by atoms with Crippen LogP contribution in [0, 0.1) is 25.7 Å². The van der Waals surface area contributed by atoms with Crippen molar-refractivity contribution in [2.24, 2.45) is 11.8 Å². The molecular formula is C27H23NO2. The van der Waals surface area contributed by atoms with E-state index in [2.05, 4.69) is 31.2 Å². The molecule has 1 heterocycles. The predicted molar refractivity (Wildman–Crippen MR) is 117 cm³/mol. The molecule has 1 aliphatic heterocycles. The first-order chi connectivity index (χ1) is 14.4. The Kier molecular flexibility index (Phi) is 3.35. The van der Waals surface area contributed by atoms with Crippen LogP contribution in [0.3, 0.4) is 0 Å². The van der Waals surface area contributed by atoms with Gasteiger partial charge in [-0.15, -0.1) is 0 Å². The lowest BCUT2D eigenvalue weighted by molar-refractivity contribution is -0.123. The number of benzene rings is 3. The Bertz CT molecular complexity index is 1210. The summed E-state index contributed by atoms with van der Waals surface area (Å²) in [7, 11) is 0. The van der Waals surface area contributed by atoms with Gasteiger partial charge in [0.15, 0.2) is 0 Å². The zero-order valence-corrected chi connectivity index (χ0v) is 17.3. The molecular weight excluding hydrogens is 370 g/mol. The van der Waals surface area contributed by atoms with E-state index in [9.17, 15) is 9.59 Å². The van der Waals surface area contributed by atoms with Gasteiger partial charge in [0.05, 0.1) is 17.5 Å². The summed E-state index contributed by atoms with van der Waals surface area (Å²) >= 11 is 0. The van der Waals surface area contributed by atoms with Crippen molar-refractivity contribution in [3.63, 3.8) is 0 Å². The molecule has 3 aromatic carbocycles. The van der Waals surface area contributed by atoms with Gasteiger partial charge in [-0.3, -0.25) is 9.59 Å². The molecule has 0 N–H and O–H groups in total. The van der Waals surface area contributed by atoms with Gasteiger partial charge in [-0.05, 0) is 47.7 Å². The van der Waals surface area contributed by atoms with Crippen molar-refractivity contribution in [1.29, 1.82) is 0 Å². The molecule has 1 fully saturated rings. The molecule has 4 aliphatic rings. The second kappa shape index (κ2) is 5.69. The standard InChI is InChI=1S/C27H23NO2/c1-15-12-13-21(16(2)14-15)28-25(29)23-22-17-8-4-6-10-19(17)27(3,24(23)26(28)30)20-11-7-5-9-18(20)22/h4-14,22-24H,1-3H3/t22?,23-,24+,27?/m1/s1. The zero-order valence-electron chi connectivity index (χ0n) is 17.3. The summed E-state index contributed by atoms with van der Waals surface area (Å²) in [6, 6.07) is 22.7. The largest absolute Gasteiger partial charge is 0.274 e. The van der Waals surface area contributed by atoms with E-state index in [1.165, 1.54) is 27.2 Å². The van der Waals surface area contributed by atoms with Crippen LogP contribution in [0.1, 0.15) is 46.2 Å². The second-order valence-electron chi connectivity index (χ2n) is 9.16. The molecule has 3 aromatic rings. The first-order valence-electron chi connectivity index (χ1n) is 10.6. The van der Waals surface area contributed by atoms with E-state index in [0.717, 1.165) is 16.8 Å². The molecule has 148 valence electrons. The first-order valence-corrected chi connectivity index (χ1v) is 10.6. The van der Waals surface area contributed by atoms with E-state index in [4.69, 9.17) is 0 Å². The van der Waals surface area contributed by atoms with Crippen LogP contribution in [0.15, 0.2) is 66.7 Å². The van der Waals surface area contributed by atoms with Gasteiger partial charge in [0.25, 0.3) is 0 Å². The number of imide groups is 1. The molecule has 7 rings (SSSR count). The van der Waals surface area contributed by atoms with Gasteiger partial charge in [0, 0.05) is 11.3 Å². The SMILES string of the molecule is Cc1ccc(N2C(=O)[C@@H]3C4c5ccccc5C(C)(c5ccccc54)[C@@H]3C2=O)c(C)c1. The number of hydrogen-bond acceptors (Lipinski definition) is 2. The van der Waals surface area contributed by atoms with Gasteiger partial charge in [0.2, 0.25) is 11.8 Å². The highest BCUT2D eigenvalue weighted by molar-refractivity contribution is 6.24. The Hall–Kier alpha value is -3.20. The van der Waals surface area contributed by atoms with Gasteiger partial charge in [-0.25, -0.2) is 4.90 Å². The third-order valence-corrected chi connectivity index (χ3v) is 7.64. The maximum absolute atomic E-state index is 13.9. The summed E-state index contributed by atoms with van der Waals surface area (Å²) in [5.41, 5.74) is 7.08. The van der Waals surface area contributed by atoms with Crippen molar-refractivity contribution >= 4 is 17.5 Å². The van der Waals surface area contributed by atoms with Crippen LogP contribution in [0.25, 0.3) is 0 Å². The lowest BCUT2D eigenvalue weighted by atomic mass is 9.48. The van der Waals surface area contributed by atoms with Crippen LogP contribution in [0.2, 0.25) is 0 Å². The highest BCUT2D eigenvalue weighted by Crippen LogP contribution is 2.64. The van der Waals surface area contributed by atoms with E-state index in [1.54, 1.807) is 0 Å². The summed E-state index contributed by atoms with van der Waals surface area (Å²) < 4.78 is 0. The lowest BCUT2D eigenvalue weighted by Gasteiger charge is -2.52. The third-order valence-electron chi connectivity index (χ3n) is 7.64. The quantitative estimate of drug-likeness (QED) is 0.553. The Morgan fingerprint density at radius 1 is 0.800 bits per heavy atom. The Balaban J connectivity index is 1.62. The van der Waals surface area contributed by atoms with E-state index in [0.29, 0.717) is 0 Å². The lowest BCUT2D eigenvalue weighted by Crippen LogP contribution is -2.51. The number of amides is 2. The Morgan fingerprint density at radius 2 is 1.40 bits per heavy atom. The average Bonchev–Trinajstić information content (AvgIpc) is 3.01. The maximum atomic E-state index is 13.9. The Morgan fingerprint density at radius 3 is 2.00 bits per heavy atom. The van der Waals surface area contributed by atoms with E-state index >= 15 is 0 Å². The molecule has 3 aliphatic carbocycles. The average molecular weight is 393 g/mol. The molecule has 2 bridgehead atoms. The monoisotopic (exact) mass is 393 g/mol. The van der Waals surface area contributed by atoms with Crippen molar-refractivity contribution in [2.45, 2.75) is 32.1 Å². The summed E-state index contributed by atoms with van der Waals surface area (Å²) in [5, 5.41) is 0. The van der Waals surface area contributed by atoms with Crippen LogP contribution < -0.4 is 4.90 Å². The van der Waals surface area contributed by atoms with Gasteiger partial charge < -0.3 is 0 Å². The molecule has 0 saturated carbocycles. The molecule has 0 radical (unpaired) electrons. The van der Waals surface area contributed by atoms with Crippen molar-refractivity contribution in [3.8, 4) is 0 Å². The van der Waals surface area contributed by atoms with Crippen LogP contribution in [0.4, 0.5) is 5.69 Å². The molecule has 3 nitrogen and oxygen atoms in total. The van der Waals surface area contributed by atoms with Gasteiger partial charge >= 0.3 is 0 Å². The zero-order chi connectivity index (χ0) is 20.8. The fourth-order valence-corrected chi connectivity index (χ4v) is 6.44. The van der Waals surface area contributed by atoms with Crippen molar-refractivity contribution in [3.05, 3.63) is 100 Å². The summed E-state index contributed by atoms with van der Waals surface area (Å²) in [5.74, 6) is -0.921.